The number of benzene rings is 1. The van der Waals surface area contributed by atoms with Gasteiger partial charge in [0.05, 0.1) is 4.92 Å². The molecule has 6 heteroatoms. The normalized spacial score (nSPS) is 11.9. The van der Waals surface area contributed by atoms with Crippen molar-refractivity contribution < 1.29 is 14.8 Å². The van der Waals surface area contributed by atoms with Gasteiger partial charge in [0.25, 0.3) is 11.6 Å². The first-order chi connectivity index (χ1) is 9.49. The SMILES string of the molecule is CCC(CCO)CNC(=O)c1cc(C)ccc1[N+](=O)[O-]. The van der Waals surface area contributed by atoms with Crippen LogP contribution in [0.5, 0.6) is 0 Å². The predicted molar refractivity (Wildman–Crippen MR) is 75.7 cm³/mol. The van der Waals surface area contributed by atoms with Crippen LogP contribution in [0.25, 0.3) is 0 Å². The number of aliphatic hydroxyl groups excluding tert-OH is 1. The largest absolute Gasteiger partial charge is 0.396 e. The van der Waals surface area contributed by atoms with Gasteiger partial charge in [-0.3, -0.25) is 14.9 Å². The fourth-order valence-corrected chi connectivity index (χ4v) is 1.96. The van der Waals surface area contributed by atoms with Crippen LogP contribution in [0.1, 0.15) is 35.7 Å². The fraction of sp³-hybridized carbons (Fsp3) is 0.500. The van der Waals surface area contributed by atoms with Gasteiger partial charge in [0.2, 0.25) is 0 Å². The van der Waals surface area contributed by atoms with Gasteiger partial charge in [-0.25, -0.2) is 0 Å². The zero-order chi connectivity index (χ0) is 15.1. The molecule has 1 unspecified atom stereocenters. The molecule has 1 atom stereocenters. The van der Waals surface area contributed by atoms with Gasteiger partial charge in [-0.15, -0.1) is 0 Å². The maximum Gasteiger partial charge on any atom is 0.282 e. The number of nitro benzene ring substituents is 1. The Morgan fingerprint density at radius 2 is 2.20 bits per heavy atom. The van der Waals surface area contributed by atoms with E-state index in [0.29, 0.717) is 13.0 Å². The van der Waals surface area contributed by atoms with Gasteiger partial charge in [-0.05, 0) is 30.9 Å². The molecule has 1 rings (SSSR count). The minimum atomic E-state index is -0.556. The smallest absolute Gasteiger partial charge is 0.282 e. The number of hydrogen-bond donors (Lipinski definition) is 2. The number of nitro groups is 1. The highest BCUT2D eigenvalue weighted by molar-refractivity contribution is 5.98. The minimum Gasteiger partial charge on any atom is -0.396 e. The van der Waals surface area contributed by atoms with Crippen molar-refractivity contribution in [2.75, 3.05) is 13.2 Å². The number of nitrogens with one attached hydrogen (secondary N) is 1. The summed E-state index contributed by atoms with van der Waals surface area (Å²) in [6, 6.07) is 4.46. The lowest BCUT2D eigenvalue weighted by molar-refractivity contribution is -0.385. The molecule has 1 aromatic rings. The van der Waals surface area contributed by atoms with E-state index >= 15 is 0 Å². The summed E-state index contributed by atoms with van der Waals surface area (Å²) < 4.78 is 0. The third-order valence-corrected chi connectivity index (χ3v) is 3.26. The molecule has 0 fully saturated rings. The van der Waals surface area contributed by atoms with Crippen LogP contribution in [-0.4, -0.2) is 29.1 Å². The highest BCUT2D eigenvalue weighted by Gasteiger charge is 2.20. The molecule has 0 aliphatic carbocycles. The standard InChI is InChI=1S/C14H20N2O4/c1-3-11(6-7-17)9-15-14(18)12-8-10(2)4-5-13(12)16(19)20/h4-5,8,11,17H,3,6-7,9H2,1-2H3,(H,15,18). The van der Waals surface area contributed by atoms with Gasteiger partial charge in [-0.2, -0.15) is 0 Å². The predicted octanol–water partition coefficient (Wildman–Crippen LogP) is 2.04. The molecule has 0 bridgehead atoms. The molecule has 0 saturated heterocycles. The zero-order valence-electron chi connectivity index (χ0n) is 11.8. The van der Waals surface area contributed by atoms with E-state index < -0.39 is 10.8 Å². The van der Waals surface area contributed by atoms with Crippen LogP contribution in [0.3, 0.4) is 0 Å². The Morgan fingerprint density at radius 3 is 2.75 bits per heavy atom. The molecule has 2 N–H and O–H groups in total. The molecular weight excluding hydrogens is 260 g/mol. The summed E-state index contributed by atoms with van der Waals surface area (Å²) in [5.41, 5.74) is 0.681. The maximum atomic E-state index is 12.1. The Labute approximate surface area is 118 Å². The van der Waals surface area contributed by atoms with Crippen molar-refractivity contribution in [3.05, 3.63) is 39.4 Å². The Kier molecular flexibility index (Phi) is 6.11. The Balaban J connectivity index is 2.81. The van der Waals surface area contributed by atoms with Crippen molar-refractivity contribution in [2.24, 2.45) is 5.92 Å². The first kappa shape index (κ1) is 16.1. The summed E-state index contributed by atoms with van der Waals surface area (Å²) in [7, 11) is 0. The topological polar surface area (TPSA) is 92.5 Å². The van der Waals surface area contributed by atoms with Crippen LogP contribution in [0.2, 0.25) is 0 Å². The first-order valence-electron chi connectivity index (χ1n) is 6.63. The summed E-state index contributed by atoms with van der Waals surface area (Å²) in [5, 5.41) is 22.5. The molecule has 0 aliphatic rings. The third kappa shape index (κ3) is 4.31. The van der Waals surface area contributed by atoms with Crippen molar-refractivity contribution in [2.45, 2.75) is 26.7 Å². The third-order valence-electron chi connectivity index (χ3n) is 3.26. The van der Waals surface area contributed by atoms with Gasteiger partial charge in [0, 0.05) is 19.2 Å². The number of aryl methyl sites for hydroxylation is 1. The van der Waals surface area contributed by atoms with Gasteiger partial charge in [0.1, 0.15) is 5.56 Å². The van der Waals surface area contributed by atoms with Crippen LogP contribution in [0.4, 0.5) is 5.69 Å². The Bertz CT molecular complexity index is 488. The molecule has 0 saturated carbocycles. The molecule has 0 spiro atoms. The molecule has 1 aromatic carbocycles. The zero-order valence-corrected chi connectivity index (χ0v) is 11.8. The lowest BCUT2D eigenvalue weighted by atomic mass is 10.0. The van der Waals surface area contributed by atoms with E-state index in [0.717, 1.165) is 12.0 Å². The highest BCUT2D eigenvalue weighted by Crippen LogP contribution is 2.19. The van der Waals surface area contributed by atoms with Crippen LogP contribution in [-0.2, 0) is 0 Å². The summed E-state index contributed by atoms with van der Waals surface area (Å²) in [6.07, 6.45) is 1.43. The summed E-state index contributed by atoms with van der Waals surface area (Å²) in [6.45, 7) is 4.22. The number of carbonyl (C=O) groups is 1. The fourth-order valence-electron chi connectivity index (χ4n) is 1.96. The molecule has 6 nitrogen and oxygen atoms in total. The average Bonchev–Trinajstić information content (AvgIpc) is 2.42. The van der Waals surface area contributed by atoms with Crippen molar-refractivity contribution in [3.8, 4) is 0 Å². The number of aliphatic hydroxyl groups is 1. The molecule has 0 aliphatic heterocycles. The summed E-state index contributed by atoms with van der Waals surface area (Å²) in [5.74, 6) is -0.274. The molecular formula is C14H20N2O4. The molecule has 1 amide bonds. The van der Waals surface area contributed by atoms with Crippen LogP contribution >= 0.6 is 0 Å². The molecule has 110 valence electrons. The van der Waals surface area contributed by atoms with E-state index in [1.54, 1.807) is 13.0 Å². The monoisotopic (exact) mass is 280 g/mol. The van der Waals surface area contributed by atoms with E-state index in [9.17, 15) is 14.9 Å². The van der Waals surface area contributed by atoms with E-state index in [4.69, 9.17) is 5.11 Å². The average molecular weight is 280 g/mol. The maximum absolute atomic E-state index is 12.1. The van der Waals surface area contributed by atoms with Crippen molar-refractivity contribution >= 4 is 11.6 Å². The van der Waals surface area contributed by atoms with Crippen molar-refractivity contribution in [3.63, 3.8) is 0 Å². The quantitative estimate of drug-likeness (QED) is 0.590. The molecule has 0 radical (unpaired) electrons. The number of amides is 1. The van der Waals surface area contributed by atoms with Gasteiger partial charge in [-0.1, -0.05) is 19.4 Å². The van der Waals surface area contributed by atoms with Gasteiger partial charge in [0.15, 0.2) is 0 Å². The van der Waals surface area contributed by atoms with E-state index in [-0.39, 0.29) is 23.8 Å². The second kappa shape index (κ2) is 7.59. The molecule has 20 heavy (non-hydrogen) atoms. The van der Waals surface area contributed by atoms with Crippen LogP contribution in [0.15, 0.2) is 18.2 Å². The van der Waals surface area contributed by atoms with Crippen LogP contribution < -0.4 is 5.32 Å². The second-order valence-corrected chi connectivity index (χ2v) is 4.77. The molecule has 0 aromatic heterocycles. The number of carbonyl (C=O) groups excluding carboxylic acids is 1. The Hall–Kier alpha value is -1.95. The molecule has 0 heterocycles. The number of hydrogen-bond acceptors (Lipinski definition) is 4. The lowest BCUT2D eigenvalue weighted by Crippen LogP contribution is -2.30. The van der Waals surface area contributed by atoms with Gasteiger partial charge < -0.3 is 10.4 Å². The summed E-state index contributed by atoms with van der Waals surface area (Å²) >= 11 is 0. The summed E-state index contributed by atoms with van der Waals surface area (Å²) in [4.78, 5) is 22.4. The van der Waals surface area contributed by atoms with Crippen molar-refractivity contribution in [1.82, 2.24) is 5.32 Å². The van der Waals surface area contributed by atoms with E-state index in [1.807, 2.05) is 6.92 Å². The highest BCUT2D eigenvalue weighted by atomic mass is 16.6. The van der Waals surface area contributed by atoms with Crippen molar-refractivity contribution in [1.29, 1.82) is 0 Å². The lowest BCUT2D eigenvalue weighted by Gasteiger charge is -2.14. The minimum absolute atomic E-state index is 0.0684. The number of rotatable bonds is 7. The second-order valence-electron chi connectivity index (χ2n) is 4.77. The van der Waals surface area contributed by atoms with Crippen LogP contribution in [0, 0.1) is 23.0 Å². The first-order valence-corrected chi connectivity index (χ1v) is 6.63. The van der Waals surface area contributed by atoms with Gasteiger partial charge >= 0.3 is 0 Å². The van der Waals surface area contributed by atoms with E-state index in [1.165, 1.54) is 12.1 Å². The van der Waals surface area contributed by atoms with E-state index in [2.05, 4.69) is 5.32 Å². The number of nitrogens with zero attached hydrogens (tertiary/aromatic N) is 1. The Morgan fingerprint density at radius 1 is 1.50 bits per heavy atom.